The molecule has 4 heteroatoms. The summed E-state index contributed by atoms with van der Waals surface area (Å²) in [5, 5.41) is 26.9. The molecule has 2 rings (SSSR count). The van der Waals surface area contributed by atoms with Crippen molar-refractivity contribution in [3.8, 4) is 11.5 Å². The molecular formula is C21H30N2O2. The molecule has 0 spiro atoms. The normalized spacial score (nSPS) is 11.0. The van der Waals surface area contributed by atoms with Crippen molar-refractivity contribution in [1.29, 1.82) is 0 Å². The van der Waals surface area contributed by atoms with Gasteiger partial charge in [-0.25, -0.2) is 0 Å². The number of aryl methyl sites for hydroxylation is 4. The number of rotatable bonds is 8. The highest BCUT2D eigenvalue weighted by molar-refractivity contribution is 5.43. The summed E-state index contributed by atoms with van der Waals surface area (Å²) in [6.45, 7) is 11.0. The monoisotopic (exact) mass is 342 g/mol. The van der Waals surface area contributed by atoms with E-state index in [0.29, 0.717) is 24.6 Å². The SMILES string of the molecule is Cc1cc(C)c(O)c(CNCCCNCc2cc(C)cc(C)c2O)c1. The van der Waals surface area contributed by atoms with E-state index in [1.807, 2.05) is 52.0 Å². The van der Waals surface area contributed by atoms with E-state index in [1.54, 1.807) is 0 Å². The van der Waals surface area contributed by atoms with Gasteiger partial charge < -0.3 is 20.8 Å². The lowest BCUT2D eigenvalue weighted by Crippen LogP contribution is -2.21. The minimum atomic E-state index is 0.390. The first-order valence-electron chi connectivity index (χ1n) is 8.88. The molecule has 0 amide bonds. The van der Waals surface area contributed by atoms with Gasteiger partial charge in [0.05, 0.1) is 0 Å². The Morgan fingerprint density at radius 1 is 0.680 bits per heavy atom. The van der Waals surface area contributed by atoms with E-state index in [0.717, 1.165) is 41.8 Å². The van der Waals surface area contributed by atoms with Crippen LogP contribution in [0.4, 0.5) is 0 Å². The second-order valence-electron chi connectivity index (χ2n) is 6.89. The van der Waals surface area contributed by atoms with Crippen molar-refractivity contribution in [3.63, 3.8) is 0 Å². The van der Waals surface area contributed by atoms with E-state index in [4.69, 9.17) is 0 Å². The van der Waals surface area contributed by atoms with Crippen molar-refractivity contribution in [1.82, 2.24) is 10.6 Å². The van der Waals surface area contributed by atoms with Crippen LogP contribution in [0.2, 0.25) is 0 Å². The van der Waals surface area contributed by atoms with Gasteiger partial charge in [-0.2, -0.15) is 0 Å². The van der Waals surface area contributed by atoms with Gasteiger partial charge in [0, 0.05) is 24.2 Å². The predicted molar refractivity (Wildman–Crippen MR) is 103 cm³/mol. The highest BCUT2D eigenvalue weighted by Gasteiger charge is 2.06. The third kappa shape index (κ3) is 5.48. The Morgan fingerprint density at radius 2 is 1.08 bits per heavy atom. The van der Waals surface area contributed by atoms with E-state index in [2.05, 4.69) is 10.6 Å². The average molecular weight is 342 g/mol. The molecule has 0 atom stereocenters. The van der Waals surface area contributed by atoms with Crippen LogP contribution in [-0.4, -0.2) is 23.3 Å². The highest BCUT2D eigenvalue weighted by Crippen LogP contribution is 2.24. The first-order valence-corrected chi connectivity index (χ1v) is 8.88. The fourth-order valence-corrected chi connectivity index (χ4v) is 3.15. The minimum absolute atomic E-state index is 0.390. The van der Waals surface area contributed by atoms with Crippen LogP contribution in [0, 0.1) is 27.7 Å². The Bertz CT molecular complexity index is 665. The summed E-state index contributed by atoms with van der Waals surface area (Å²) in [7, 11) is 0. The summed E-state index contributed by atoms with van der Waals surface area (Å²) in [5.74, 6) is 0.781. The van der Waals surface area contributed by atoms with E-state index in [-0.39, 0.29) is 0 Å². The van der Waals surface area contributed by atoms with Crippen LogP contribution >= 0.6 is 0 Å². The van der Waals surface area contributed by atoms with E-state index >= 15 is 0 Å². The van der Waals surface area contributed by atoms with Gasteiger partial charge in [-0.1, -0.05) is 35.4 Å². The number of phenols is 2. The van der Waals surface area contributed by atoms with Gasteiger partial charge in [0.1, 0.15) is 11.5 Å². The zero-order valence-electron chi connectivity index (χ0n) is 15.7. The molecule has 0 aliphatic carbocycles. The summed E-state index contributed by atoms with van der Waals surface area (Å²) in [6, 6.07) is 8.03. The number of nitrogens with one attached hydrogen (secondary N) is 2. The Hall–Kier alpha value is -2.04. The highest BCUT2D eigenvalue weighted by atomic mass is 16.3. The maximum absolute atomic E-state index is 10.1. The molecule has 0 bridgehead atoms. The molecule has 0 aliphatic heterocycles. The van der Waals surface area contributed by atoms with Crippen LogP contribution in [0.15, 0.2) is 24.3 Å². The molecule has 0 heterocycles. The number of aromatic hydroxyl groups is 2. The van der Waals surface area contributed by atoms with Crippen LogP contribution in [0.1, 0.15) is 39.8 Å². The molecular weight excluding hydrogens is 312 g/mol. The van der Waals surface area contributed by atoms with Crippen molar-refractivity contribution in [2.75, 3.05) is 13.1 Å². The van der Waals surface area contributed by atoms with Crippen molar-refractivity contribution in [2.24, 2.45) is 0 Å². The Labute approximate surface area is 150 Å². The molecule has 2 aromatic carbocycles. The summed E-state index contributed by atoms with van der Waals surface area (Å²) in [5.41, 5.74) is 6.08. The Kier molecular flexibility index (Phi) is 6.85. The van der Waals surface area contributed by atoms with E-state index in [9.17, 15) is 10.2 Å². The van der Waals surface area contributed by atoms with Crippen molar-refractivity contribution >= 4 is 0 Å². The van der Waals surface area contributed by atoms with Gasteiger partial charge in [-0.3, -0.25) is 0 Å². The molecule has 0 saturated heterocycles. The molecule has 4 nitrogen and oxygen atoms in total. The third-order valence-corrected chi connectivity index (χ3v) is 4.39. The molecule has 0 saturated carbocycles. The standard InChI is InChI=1S/C21H30N2O2/c1-14-8-16(3)20(24)18(10-14)12-22-6-5-7-23-13-19-11-15(2)9-17(4)21(19)25/h8-11,22-25H,5-7,12-13H2,1-4H3. The van der Waals surface area contributed by atoms with Crippen LogP contribution in [0.5, 0.6) is 11.5 Å². The molecule has 0 aromatic heterocycles. The quantitative estimate of drug-likeness (QED) is 0.554. The summed E-state index contributed by atoms with van der Waals surface area (Å²) in [4.78, 5) is 0. The lowest BCUT2D eigenvalue weighted by atomic mass is 10.1. The molecule has 0 unspecified atom stereocenters. The second-order valence-corrected chi connectivity index (χ2v) is 6.89. The molecule has 136 valence electrons. The van der Waals surface area contributed by atoms with E-state index < -0.39 is 0 Å². The smallest absolute Gasteiger partial charge is 0.122 e. The number of hydrogen-bond acceptors (Lipinski definition) is 4. The lowest BCUT2D eigenvalue weighted by Gasteiger charge is -2.12. The van der Waals surface area contributed by atoms with Crippen LogP contribution in [0.3, 0.4) is 0 Å². The van der Waals surface area contributed by atoms with Crippen molar-refractivity contribution in [3.05, 3.63) is 57.6 Å². The van der Waals surface area contributed by atoms with Crippen molar-refractivity contribution < 1.29 is 10.2 Å². The van der Waals surface area contributed by atoms with Gasteiger partial charge in [-0.05, 0) is 58.3 Å². The van der Waals surface area contributed by atoms with Gasteiger partial charge in [0.15, 0.2) is 0 Å². The van der Waals surface area contributed by atoms with Gasteiger partial charge in [-0.15, -0.1) is 0 Å². The maximum Gasteiger partial charge on any atom is 0.122 e. The maximum atomic E-state index is 10.1. The van der Waals surface area contributed by atoms with Gasteiger partial charge >= 0.3 is 0 Å². The third-order valence-electron chi connectivity index (χ3n) is 4.39. The van der Waals surface area contributed by atoms with Crippen LogP contribution in [0.25, 0.3) is 0 Å². The number of benzene rings is 2. The molecule has 2 aromatic rings. The zero-order valence-corrected chi connectivity index (χ0v) is 15.7. The fourth-order valence-electron chi connectivity index (χ4n) is 3.15. The predicted octanol–water partition coefficient (Wildman–Crippen LogP) is 3.60. The first kappa shape index (κ1) is 19.3. The van der Waals surface area contributed by atoms with Gasteiger partial charge in [0.2, 0.25) is 0 Å². The zero-order chi connectivity index (χ0) is 18.4. The second kappa shape index (κ2) is 8.88. The molecule has 0 aliphatic rings. The van der Waals surface area contributed by atoms with Crippen LogP contribution < -0.4 is 10.6 Å². The van der Waals surface area contributed by atoms with Crippen molar-refractivity contribution in [2.45, 2.75) is 47.2 Å². The average Bonchev–Trinajstić information content (AvgIpc) is 2.55. The number of phenolic OH excluding ortho intramolecular Hbond substituents is 2. The molecule has 25 heavy (non-hydrogen) atoms. The molecule has 4 N–H and O–H groups in total. The number of hydrogen-bond donors (Lipinski definition) is 4. The Balaban J connectivity index is 1.69. The van der Waals surface area contributed by atoms with Gasteiger partial charge in [0.25, 0.3) is 0 Å². The Morgan fingerprint density at radius 3 is 1.48 bits per heavy atom. The largest absolute Gasteiger partial charge is 0.507 e. The lowest BCUT2D eigenvalue weighted by molar-refractivity contribution is 0.457. The van der Waals surface area contributed by atoms with Crippen LogP contribution in [-0.2, 0) is 13.1 Å². The summed E-state index contributed by atoms with van der Waals surface area (Å²) < 4.78 is 0. The summed E-state index contributed by atoms with van der Waals surface area (Å²) >= 11 is 0. The fraction of sp³-hybridized carbons (Fsp3) is 0.429. The summed E-state index contributed by atoms with van der Waals surface area (Å²) in [6.07, 6.45) is 0.983. The van der Waals surface area contributed by atoms with E-state index in [1.165, 1.54) is 11.1 Å². The topological polar surface area (TPSA) is 64.5 Å². The molecule has 0 radical (unpaired) electrons. The molecule has 0 fully saturated rings. The minimum Gasteiger partial charge on any atom is -0.507 e. The first-order chi connectivity index (χ1) is 11.9.